The molecule has 216 valence electrons. The number of hydrogen-bond donors (Lipinski definition) is 0. The molecule has 0 amide bonds. The summed E-state index contributed by atoms with van der Waals surface area (Å²) in [7, 11) is -7.43. The van der Waals surface area contributed by atoms with Crippen LogP contribution in [0.5, 0.6) is 17.2 Å². The molecule has 0 N–H and O–H groups in total. The van der Waals surface area contributed by atoms with Crippen LogP contribution in [-0.2, 0) is 20.2 Å². The van der Waals surface area contributed by atoms with E-state index in [9.17, 15) is 21.6 Å². The number of fused-ring (bicyclic) bond motifs is 1. The quantitative estimate of drug-likeness (QED) is 0.171. The lowest BCUT2D eigenvalue weighted by molar-refractivity contribution is 0.104. The Morgan fingerprint density at radius 3 is 2.02 bits per heavy atom. The fourth-order valence-corrected chi connectivity index (χ4v) is 6.86. The maximum atomic E-state index is 13.9. The summed E-state index contributed by atoms with van der Waals surface area (Å²) in [6.07, 6.45) is 4.37. The molecule has 9 nitrogen and oxygen atoms in total. The van der Waals surface area contributed by atoms with Crippen LogP contribution in [0.2, 0.25) is 0 Å². The highest BCUT2D eigenvalue weighted by atomic mass is 32.2. The number of ketones is 1. The predicted octanol–water partition coefficient (Wildman–Crippen LogP) is 4.95. The molecule has 0 bridgehead atoms. The molecule has 0 atom stereocenters. The fraction of sp³-hybridized carbons (Fsp3) is 0.276. The van der Waals surface area contributed by atoms with Gasteiger partial charge in [0.05, 0.1) is 12.5 Å². The summed E-state index contributed by atoms with van der Waals surface area (Å²) in [6.45, 7) is 3.64. The number of rotatable bonds is 11. The van der Waals surface area contributed by atoms with Crippen molar-refractivity contribution in [3.8, 4) is 27.7 Å². The monoisotopic (exact) mass is 615 g/mol. The Morgan fingerprint density at radius 2 is 1.39 bits per heavy atom. The SMILES string of the molecule is CS(=O)(=O)Oc1ccc(-c2sc3cc(OS(C)(=O)=O)ccc3c2C(=O)c2ccc(OCCN3CCCC3)cc2)cc1. The van der Waals surface area contributed by atoms with Gasteiger partial charge in [0.1, 0.15) is 23.9 Å². The predicted molar refractivity (Wildman–Crippen MR) is 159 cm³/mol. The van der Waals surface area contributed by atoms with E-state index in [2.05, 4.69) is 4.90 Å². The van der Waals surface area contributed by atoms with E-state index >= 15 is 0 Å². The number of ether oxygens (including phenoxy) is 1. The number of nitrogens with zero attached hydrogens (tertiary/aromatic N) is 1. The van der Waals surface area contributed by atoms with Crippen molar-refractivity contribution < 1.29 is 34.7 Å². The van der Waals surface area contributed by atoms with Crippen molar-refractivity contribution >= 4 is 47.4 Å². The van der Waals surface area contributed by atoms with Crippen molar-refractivity contribution in [1.29, 1.82) is 0 Å². The van der Waals surface area contributed by atoms with Crippen molar-refractivity contribution in [2.75, 3.05) is 38.8 Å². The summed E-state index contributed by atoms with van der Waals surface area (Å²) in [4.78, 5) is 16.9. The maximum Gasteiger partial charge on any atom is 0.306 e. The van der Waals surface area contributed by atoms with Gasteiger partial charge in [0, 0.05) is 32.6 Å². The number of likely N-dealkylation sites (tertiary alicyclic amines) is 1. The summed E-state index contributed by atoms with van der Waals surface area (Å²) in [5, 5.41) is 0.637. The van der Waals surface area contributed by atoms with Gasteiger partial charge in [-0.1, -0.05) is 0 Å². The van der Waals surface area contributed by atoms with Gasteiger partial charge in [-0.25, -0.2) is 0 Å². The average Bonchev–Trinajstić information content (AvgIpc) is 3.55. The molecule has 2 heterocycles. The van der Waals surface area contributed by atoms with E-state index in [-0.39, 0.29) is 17.3 Å². The van der Waals surface area contributed by atoms with Crippen molar-refractivity contribution in [1.82, 2.24) is 4.90 Å². The molecule has 0 unspecified atom stereocenters. The Morgan fingerprint density at radius 1 is 0.805 bits per heavy atom. The molecule has 1 aliphatic rings. The second-order valence-corrected chi connectivity index (χ2v) is 14.0. The third-order valence-corrected chi connectivity index (χ3v) is 8.68. The second kappa shape index (κ2) is 11.8. The average molecular weight is 616 g/mol. The Balaban J connectivity index is 1.47. The van der Waals surface area contributed by atoms with E-state index in [1.54, 1.807) is 48.5 Å². The Kier molecular flexibility index (Phi) is 8.37. The van der Waals surface area contributed by atoms with Gasteiger partial charge in [-0.2, -0.15) is 16.8 Å². The van der Waals surface area contributed by atoms with Crippen LogP contribution in [0.3, 0.4) is 0 Å². The van der Waals surface area contributed by atoms with Gasteiger partial charge >= 0.3 is 20.2 Å². The first-order valence-electron chi connectivity index (χ1n) is 12.9. The number of carbonyl (C=O) groups excluding carboxylic acids is 1. The molecular formula is C29H29NO8S3. The lowest BCUT2D eigenvalue weighted by atomic mass is 9.97. The van der Waals surface area contributed by atoms with E-state index in [0.29, 0.717) is 44.0 Å². The zero-order valence-corrected chi connectivity index (χ0v) is 25.0. The van der Waals surface area contributed by atoms with Crippen LogP contribution < -0.4 is 13.1 Å². The minimum absolute atomic E-state index is 0.138. The van der Waals surface area contributed by atoms with E-state index in [1.165, 1.54) is 42.4 Å². The summed E-state index contributed by atoms with van der Waals surface area (Å²) in [6, 6.07) is 18.2. The minimum Gasteiger partial charge on any atom is -0.492 e. The van der Waals surface area contributed by atoms with Crippen molar-refractivity contribution in [3.05, 3.63) is 77.9 Å². The van der Waals surface area contributed by atoms with E-state index in [0.717, 1.165) is 32.1 Å². The van der Waals surface area contributed by atoms with Gasteiger partial charge in [0.2, 0.25) is 0 Å². The second-order valence-electron chi connectivity index (χ2n) is 9.81. The summed E-state index contributed by atoms with van der Waals surface area (Å²) < 4.78 is 62.9. The molecule has 12 heteroatoms. The van der Waals surface area contributed by atoms with Crippen molar-refractivity contribution in [2.24, 2.45) is 0 Å². The third kappa shape index (κ3) is 7.45. The summed E-state index contributed by atoms with van der Waals surface area (Å²) in [5.41, 5.74) is 1.57. The molecule has 3 aromatic carbocycles. The number of carbonyl (C=O) groups is 1. The maximum absolute atomic E-state index is 13.9. The molecule has 5 rings (SSSR count). The van der Waals surface area contributed by atoms with Gasteiger partial charge in [-0.3, -0.25) is 9.69 Å². The zero-order chi connectivity index (χ0) is 29.2. The molecule has 1 fully saturated rings. The van der Waals surface area contributed by atoms with Crippen LogP contribution in [-0.4, -0.2) is 66.3 Å². The van der Waals surface area contributed by atoms with Crippen molar-refractivity contribution in [3.63, 3.8) is 0 Å². The molecule has 0 saturated carbocycles. The highest BCUT2D eigenvalue weighted by Crippen LogP contribution is 2.42. The molecule has 0 radical (unpaired) electrons. The standard InChI is InChI=1S/C29H29NO8S3/c1-40(32,33)37-23-11-7-21(8-12-23)29-27(25-14-13-24(19-26(25)39-29)38-41(2,34)35)28(31)20-5-9-22(10-6-20)36-18-17-30-15-3-4-16-30/h5-14,19H,3-4,15-18H2,1-2H3. The van der Waals surface area contributed by atoms with E-state index in [1.807, 2.05) is 0 Å². The molecule has 1 aliphatic heterocycles. The normalized spacial score (nSPS) is 14.3. The van der Waals surface area contributed by atoms with E-state index < -0.39 is 20.2 Å². The Hall–Kier alpha value is -3.45. The molecule has 0 aliphatic carbocycles. The Labute approximate surface area is 243 Å². The summed E-state index contributed by atoms with van der Waals surface area (Å²) >= 11 is 1.30. The third-order valence-electron chi connectivity index (χ3n) is 6.49. The Bertz CT molecular complexity index is 1770. The first-order valence-corrected chi connectivity index (χ1v) is 17.4. The smallest absolute Gasteiger partial charge is 0.306 e. The van der Waals surface area contributed by atoms with Crippen LogP contribution in [0.25, 0.3) is 20.5 Å². The summed E-state index contributed by atoms with van der Waals surface area (Å²) in [5.74, 6) is 0.747. The minimum atomic E-state index is -3.74. The van der Waals surface area contributed by atoms with Crippen molar-refractivity contribution in [2.45, 2.75) is 12.8 Å². The lowest BCUT2D eigenvalue weighted by Crippen LogP contribution is -2.25. The largest absolute Gasteiger partial charge is 0.492 e. The van der Waals surface area contributed by atoms with Gasteiger partial charge in [0.25, 0.3) is 0 Å². The molecule has 4 aromatic rings. The molecule has 0 spiro atoms. The number of thiophene rings is 1. The molecular weight excluding hydrogens is 587 g/mol. The first-order chi connectivity index (χ1) is 19.4. The van der Waals surface area contributed by atoms with Crippen LogP contribution in [0, 0.1) is 0 Å². The highest BCUT2D eigenvalue weighted by molar-refractivity contribution is 7.86. The van der Waals surface area contributed by atoms with Crippen LogP contribution in [0.1, 0.15) is 28.8 Å². The van der Waals surface area contributed by atoms with E-state index in [4.69, 9.17) is 13.1 Å². The highest BCUT2D eigenvalue weighted by Gasteiger charge is 2.23. The van der Waals surface area contributed by atoms with Gasteiger partial charge in [-0.15, -0.1) is 11.3 Å². The van der Waals surface area contributed by atoms with Crippen LogP contribution in [0.4, 0.5) is 0 Å². The van der Waals surface area contributed by atoms with Gasteiger partial charge in [-0.05, 0) is 98.2 Å². The fourth-order valence-electron chi connectivity index (χ4n) is 4.71. The zero-order valence-electron chi connectivity index (χ0n) is 22.5. The van der Waals surface area contributed by atoms with Gasteiger partial charge < -0.3 is 13.1 Å². The van der Waals surface area contributed by atoms with Crippen LogP contribution in [0.15, 0.2) is 66.7 Å². The first kappa shape index (κ1) is 29.1. The van der Waals surface area contributed by atoms with Gasteiger partial charge in [0.15, 0.2) is 5.78 Å². The molecule has 41 heavy (non-hydrogen) atoms. The van der Waals surface area contributed by atoms with Crippen LogP contribution >= 0.6 is 11.3 Å². The number of hydrogen-bond acceptors (Lipinski definition) is 10. The number of benzene rings is 3. The topological polar surface area (TPSA) is 116 Å². The molecule has 1 saturated heterocycles. The molecule has 1 aromatic heterocycles. The lowest BCUT2D eigenvalue weighted by Gasteiger charge is -2.15.